The standard InChI is InChI=1S/C3H8FNO3S/c1-2-8-5-9(6,7)3-4/h5H,2-3H2,1H3. The first-order chi connectivity index (χ1) is 4.12. The zero-order valence-corrected chi connectivity index (χ0v) is 5.74. The molecule has 4 nitrogen and oxygen atoms in total. The monoisotopic (exact) mass is 157 g/mol. The van der Waals surface area contributed by atoms with E-state index in [-0.39, 0.29) is 6.61 Å². The predicted octanol–water partition coefficient (Wildman–Crippen LogP) is -0.216. The smallest absolute Gasteiger partial charge is 0.262 e. The fourth-order valence-electron chi connectivity index (χ4n) is 0.171. The van der Waals surface area contributed by atoms with E-state index >= 15 is 0 Å². The van der Waals surface area contributed by atoms with Crippen molar-refractivity contribution in [3.63, 3.8) is 0 Å². The number of rotatable bonds is 4. The highest BCUT2D eigenvalue weighted by Crippen LogP contribution is 1.82. The summed E-state index contributed by atoms with van der Waals surface area (Å²) >= 11 is 0. The lowest BCUT2D eigenvalue weighted by Gasteiger charge is -1.98. The number of halogens is 1. The van der Waals surface area contributed by atoms with Gasteiger partial charge >= 0.3 is 0 Å². The molecule has 0 radical (unpaired) electrons. The molecule has 0 amide bonds. The summed E-state index contributed by atoms with van der Waals surface area (Å²) < 4.78 is 31.7. The SMILES string of the molecule is CCONS(=O)(=O)CF. The van der Waals surface area contributed by atoms with Gasteiger partial charge in [-0.05, 0) is 6.92 Å². The molecule has 0 aromatic carbocycles. The Kier molecular flexibility index (Phi) is 3.67. The maximum Gasteiger partial charge on any atom is 0.262 e. The molecule has 0 rings (SSSR count). The van der Waals surface area contributed by atoms with Gasteiger partial charge in [0, 0.05) is 0 Å². The molecule has 0 unspecified atom stereocenters. The van der Waals surface area contributed by atoms with Crippen molar-refractivity contribution < 1.29 is 17.6 Å². The lowest BCUT2D eigenvalue weighted by molar-refractivity contribution is 0.104. The van der Waals surface area contributed by atoms with E-state index in [9.17, 15) is 12.8 Å². The van der Waals surface area contributed by atoms with E-state index < -0.39 is 16.0 Å². The van der Waals surface area contributed by atoms with Crippen molar-refractivity contribution in [1.29, 1.82) is 0 Å². The summed E-state index contributed by atoms with van der Waals surface area (Å²) in [7, 11) is -3.82. The van der Waals surface area contributed by atoms with Crippen LogP contribution in [0.4, 0.5) is 4.39 Å². The number of hydrogen-bond acceptors (Lipinski definition) is 3. The molecule has 0 heterocycles. The van der Waals surface area contributed by atoms with Gasteiger partial charge in [-0.1, -0.05) is 4.89 Å². The molecule has 0 aliphatic rings. The molecule has 9 heavy (non-hydrogen) atoms. The third-order valence-electron chi connectivity index (χ3n) is 0.474. The molecule has 0 saturated carbocycles. The summed E-state index contributed by atoms with van der Waals surface area (Å²) in [5.74, 6) is 0. The molecule has 0 bridgehead atoms. The van der Waals surface area contributed by atoms with Crippen LogP contribution in [0.5, 0.6) is 0 Å². The van der Waals surface area contributed by atoms with E-state index in [0.717, 1.165) is 0 Å². The lowest BCUT2D eigenvalue weighted by atomic mass is 10.9. The molecule has 0 aliphatic carbocycles. The fraction of sp³-hybridized carbons (Fsp3) is 1.00. The summed E-state index contributed by atoms with van der Waals surface area (Å²) in [6.07, 6.45) is 0. The molecule has 56 valence electrons. The van der Waals surface area contributed by atoms with Gasteiger partial charge in [-0.2, -0.15) is 0 Å². The van der Waals surface area contributed by atoms with Crippen LogP contribution in [-0.4, -0.2) is 21.0 Å². The second kappa shape index (κ2) is 3.76. The number of nitrogens with one attached hydrogen (secondary N) is 1. The quantitative estimate of drug-likeness (QED) is 0.574. The Morgan fingerprint density at radius 1 is 1.67 bits per heavy atom. The molecule has 0 saturated heterocycles. The predicted molar refractivity (Wildman–Crippen MR) is 29.7 cm³/mol. The molecule has 0 atom stereocenters. The summed E-state index contributed by atoms with van der Waals surface area (Å²) in [5.41, 5.74) is 0. The minimum absolute atomic E-state index is 0.180. The van der Waals surface area contributed by atoms with Crippen molar-refractivity contribution in [2.75, 3.05) is 12.6 Å². The average molecular weight is 157 g/mol. The third-order valence-corrected chi connectivity index (χ3v) is 1.13. The van der Waals surface area contributed by atoms with Gasteiger partial charge in [0.25, 0.3) is 10.0 Å². The Balaban J connectivity index is 3.61. The Labute approximate surface area is 53.0 Å². The molecule has 0 spiro atoms. The molecular weight excluding hydrogens is 149 g/mol. The van der Waals surface area contributed by atoms with Gasteiger partial charge in [-0.3, -0.25) is 4.84 Å². The van der Waals surface area contributed by atoms with Crippen molar-refractivity contribution in [3.8, 4) is 0 Å². The van der Waals surface area contributed by atoms with E-state index in [2.05, 4.69) is 4.84 Å². The van der Waals surface area contributed by atoms with Crippen LogP contribution >= 0.6 is 0 Å². The molecule has 0 aliphatic heterocycles. The zero-order valence-electron chi connectivity index (χ0n) is 4.93. The van der Waals surface area contributed by atoms with Crippen LogP contribution in [-0.2, 0) is 14.9 Å². The minimum atomic E-state index is -3.82. The average Bonchev–Trinajstić information content (AvgIpc) is 1.84. The third kappa shape index (κ3) is 4.31. The molecule has 0 aromatic rings. The van der Waals surface area contributed by atoms with Gasteiger partial charge in [0.1, 0.15) is 0 Å². The Morgan fingerprint density at radius 2 is 2.22 bits per heavy atom. The Bertz CT molecular complexity index is 154. The minimum Gasteiger partial charge on any atom is -0.287 e. The van der Waals surface area contributed by atoms with Crippen LogP contribution in [0.1, 0.15) is 6.92 Å². The Morgan fingerprint density at radius 3 is 2.56 bits per heavy atom. The van der Waals surface area contributed by atoms with E-state index in [1.165, 1.54) is 0 Å². The summed E-state index contributed by atoms with van der Waals surface area (Å²) in [6.45, 7) is 1.76. The molecule has 0 fully saturated rings. The fourth-order valence-corrected chi connectivity index (χ4v) is 0.513. The largest absolute Gasteiger partial charge is 0.287 e. The zero-order chi connectivity index (χ0) is 7.33. The maximum absolute atomic E-state index is 11.4. The lowest BCUT2D eigenvalue weighted by Crippen LogP contribution is -2.24. The summed E-state index contributed by atoms with van der Waals surface area (Å²) in [4.78, 5) is 5.77. The first kappa shape index (κ1) is 8.80. The molecular formula is C3H8FNO3S. The molecule has 0 aromatic heterocycles. The van der Waals surface area contributed by atoms with E-state index in [1.807, 2.05) is 0 Å². The number of sulfonamides is 1. The van der Waals surface area contributed by atoms with E-state index in [1.54, 1.807) is 11.8 Å². The summed E-state index contributed by atoms with van der Waals surface area (Å²) in [6, 6.07) is -1.45. The van der Waals surface area contributed by atoms with Crippen LogP contribution in [0.2, 0.25) is 0 Å². The Hall–Kier alpha value is -0.200. The van der Waals surface area contributed by atoms with Gasteiger partial charge in [0.2, 0.25) is 6.01 Å². The topological polar surface area (TPSA) is 55.4 Å². The van der Waals surface area contributed by atoms with Crippen molar-refractivity contribution in [3.05, 3.63) is 0 Å². The second-order valence-corrected chi connectivity index (χ2v) is 2.85. The van der Waals surface area contributed by atoms with Gasteiger partial charge in [0.15, 0.2) is 0 Å². The number of alkyl halides is 1. The van der Waals surface area contributed by atoms with Crippen LogP contribution < -0.4 is 4.89 Å². The van der Waals surface area contributed by atoms with Crippen LogP contribution in [0.25, 0.3) is 0 Å². The highest BCUT2D eigenvalue weighted by atomic mass is 32.2. The van der Waals surface area contributed by atoms with E-state index in [0.29, 0.717) is 0 Å². The first-order valence-corrected chi connectivity index (χ1v) is 3.95. The normalized spacial score (nSPS) is 11.8. The maximum atomic E-state index is 11.4. The van der Waals surface area contributed by atoms with Gasteiger partial charge in [-0.15, -0.1) is 0 Å². The van der Waals surface area contributed by atoms with Crippen molar-refractivity contribution in [2.45, 2.75) is 6.92 Å². The van der Waals surface area contributed by atoms with Gasteiger partial charge in [-0.25, -0.2) is 12.8 Å². The van der Waals surface area contributed by atoms with Crippen molar-refractivity contribution >= 4 is 10.0 Å². The van der Waals surface area contributed by atoms with Crippen LogP contribution in [0, 0.1) is 0 Å². The van der Waals surface area contributed by atoms with Gasteiger partial charge < -0.3 is 0 Å². The molecule has 6 heteroatoms. The van der Waals surface area contributed by atoms with Crippen LogP contribution in [0.15, 0.2) is 0 Å². The van der Waals surface area contributed by atoms with Gasteiger partial charge in [0.05, 0.1) is 6.61 Å². The second-order valence-electron chi connectivity index (χ2n) is 1.24. The van der Waals surface area contributed by atoms with E-state index in [4.69, 9.17) is 0 Å². The van der Waals surface area contributed by atoms with Crippen molar-refractivity contribution in [2.24, 2.45) is 0 Å². The summed E-state index contributed by atoms with van der Waals surface area (Å²) in [5, 5.41) is 0. The highest BCUT2D eigenvalue weighted by Gasteiger charge is 2.06. The highest BCUT2D eigenvalue weighted by molar-refractivity contribution is 7.89. The molecule has 1 N–H and O–H groups in total. The first-order valence-electron chi connectivity index (χ1n) is 2.29. The van der Waals surface area contributed by atoms with Crippen LogP contribution in [0.3, 0.4) is 0 Å². The van der Waals surface area contributed by atoms with Crippen molar-refractivity contribution in [1.82, 2.24) is 4.89 Å². The number of hydrogen-bond donors (Lipinski definition) is 1.